The third-order valence-electron chi connectivity index (χ3n) is 4.24. The molecule has 144 valence electrons. The van der Waals surface area contributed by atoms with Gasteiger partial charge in [0.15, 0.2) is 17.0 Å². The van der Waals surface area contributed by atoms with Crippen LogP contribution in [0.5, 0.6) is 0 Å². The third kappa shape index (κ3) is 3.72. The number of rotatable bonds is 5. The molecule has 1 saturated heterocycles. The molecule has 1 fully saturated rings. The van der Waals surface area contributed by atoms with Gasteiger partial charge in [0.05, 0.1) is 19.2 Å². The van der Waals surface area contributed by atoms with E-state index in [2.05, 4.69) is 25.6 Å². The number of nitrogens with zero attached hydrogens (tertiary/aromatic N) is 5. The van der Waals surface area contributed by atoms with Crippen molar-refractivity contribution in [3.05, 3.63) is 29.5 Å². The van der Waals surface area contributed by atoms with Gasteiger partial charge in [-0.2, -0.15) is 13.2 Å². The van der Waals surface area contributed by atoms with Crippen molar-refractivity contribution in [1.82, 2.24) is 25.0 Å². The van der Waals surface area contributed by atoms with Crippen LogP contribution in [-0.2, 0) is 24.0 Å². The lowest BCUT2D eigenvalue weighted by Crippen LogP contribution is -2.18. The Morgan fingerprint density at radius 2 is 2.15 bits per heavy atom. The van der Waals surface area contributed by atoms with Crippen LogP contribution < -0.4 is 5.32 Å². The Bertz CT molecular complexity index is 945. The van der Waals surface area contributed by atoms with Crippen LogP contribution in [0.4, 0.5) is 19.0 Å². The maximum absolute atomic E-state index is 13.3. The minimum atomic E-state index is -4.69. The van der Waals surface area contributed by atoms with Crippen molar-refractivity contribution in [3.8, 4) is 0 Å². The summed E-state index contributed by atoms with van der Waals surface area (Å²) in [5, 5.41) is 10.8. The van der Waals surface area contributed by atoms with Crippen LogP contribution in [0.15, 0.2) is 16.5 Å². The Balaban J connectivity index is 1.68. The lowest BCUT2D eigenvalue weighted by Gasteiger charge is -2.11. The molecular formula is C16H17F3N6O2. The summed E-state index contributed by atoms with van der Waals surface area (Å²) in [6.45, 7) is 2.87. The fourth-order valence-electron chi connectivity index (χ4n) is 2.96. The monoisotopic (exact) mass is 382 g/mol. The van der Waals surface area contributed by atoms with Crippen LogP contribution in [0, 0.1) is 6.92 Å². The van der Waals surface area contributed by atoms with Gasteiger partial charge in [0.2, 0.25) is 5.82 Å². The summed E-state index contributed by atoms with van der Waals surface area (Å²) in [6.07, 6.45) is -3.07. The van der Waals surface area contributed by atoms with E-state index in [1.54, 1.807) is 19.1 Å². The van der Waals surface area contributed by atoms with E-state index >= 15 is 0 Å². The van der Waals surface area contributed by atoms with E-state index in [0.29, 0.717) is 24.7 Å². The topological polar surface area (TPSA) is 90.9 Å². The lowest BCUT2D eigenvalue weighted by atomic mass is 10.2. The fraction of sp³-hybridized carbons (Fsp3) is 0.500. The molecule has 1 N–H and O–H groups in total. The summed E-state index contributed by atoms with van der Waals surface area (Å²) in [5.74, 6) is -0.0123. The molecule has 8 nitrogen and oxygen atoms in total. The van der Waals surface area contributed by atoms with Gasteiger partial charge in [0.1, 0.15) is 11.5 Å². The number of nitrogens with one attached hydrogen (secondary N) is 1. The number of ether oxygens (including phenoxy) is 1. The largest absolute Gasteiger partial charge is 0.465 e. The van der Waals surface area contributed by atoms with Crippen molar-refractivity contribution < 1.29 is 22.3 Å². The first-order valence-corrected chi connectivity index (χ1v) is 8.49. The van der Waals surface area contributed by atoms with Crippen LogP contribution >= 0.6 is 0 Å². The first-order chi connectivity index (χ1) is 12.9. The van der Waals surface area contributed by atoms with Gasteiger partial charge in [-0.25, -0.2) is 14.6 Å². The summed E-state index contributed by atoms with van der Waals surface area (Å²) >= 11 is 0. The van der Waals surface area contributed by atoms with Gasteiger partial charge in [-0.3, -0.25) is 0 Å². The van der Waals surface area contributed by atoms with Crippen LogP contribution in [-0.4, -0.2) is 37.7 Å². The number of aromatic nitrogens is 5. The number of aryl methyl sites for hydroxylation is 1. The van der Waals surface area contributed by atoms with Gasteiger partial charge in [-0.1, -0.05) is 5.21 Å². The molecule has 0 radical (unpaired) electrons. The molecule has 1 aliphatic heterocycles. The van der Waals surface area contributed by atoms with Gasteiger partial charge in [-0.05, 0) is 31.9 Å². The molecule has 0 unspecified atom stereocenters. The zero-order valence-corrected chi connectivity index (χ0v) is 14.5. The second-order valence-corrected chi connectivity index (χ2v) is 6.34. The van der Waals surface area contributed by atoms with Gasteiger partial charge in [0.25, 0.3) is 0 Å². The lowest BCUT2D eigenvalue weighted by molar-refractivity contribution is -0.144. The van der Waals surface area contributed by atoms with Crippen molar-refractivity contribution in [2.24, 2.45) is 0 Å². The highest BCUT2D eigenvalue weighted by Gasteiger charge is 2.36. The number of alkyl halides is 3. The SMILES string of the molecule is Cc1ccc(CNc2nc(C(F)(F)F)nc3c2nnn3C[C@H]2CCCO2)o1. The Labute approximate surface area is 151 Å². The first-order valence-electron chi connectivity index (χ1n) is 8.49. The minimum Gasteiger partial charge on any atom is -0.465 e. The Kier molecular flexibility index (Phi) is 4.46. The average Bonchev–Trinajstić information content (AvgIpc) is 3.34. The van der Waals surface area contributed by atoms with E-state index in [-0.39, 0.29) is 29.6 Å². The molecule has 27 heavy (non-hydrogen) atoms. The second-order valence-electron chi connectivity index (χ2n) is 6.34. The predicted octanol–water partition coefficient (Wildman–Crippen LogP) is 2.93. The van der Waals surface area contributed by atoms with E-state index in [1.807, 2.05) is 0 Å². The molecule has 3 aromatic rings. The normalized spacial score (nSPS) is 17.7. The number of hydrogen-bond donors (Lipinski definition) is 1. The molecule has 1 atom stereocenters. The van der Waals surface area contributed by atoms with Gasteiger partial charge in [-0.15, -0.1) is 5.10 Å². The molecule has 4 rings (SSSR count). The molecule has 3 aromatic heterocycles. The molecular weight excluding hydrogens is 365 g/mol. The quantitative estimate of drug-likeness (QED) is 0.725. The third-order valence-corrected chi connectivity index (χ3v) is 4.24. The van der Waals surface area contributed by atoms with Crippen molar-refractivity contribution >= 4 is 17.0 Å². The minimum absolute atomic E-state index is 0.0194. The first kappa shape index (κ1) is 17.7. The van der Waals surface area contributed by atoms with Gasteiger partial charge >= 0.3 is 6.18 Å². The molecule has 0 bridgehead atoms. The number of halogens is 3. The Morgan fingerprint density at radius 3 is 2.81 bits per heavy atom. The van der Waals surface area contributed by atoms with E-state index in [0.717, 1.165) is 12.8 Å². The van der Waals surface area contributed by atoms with Crippen molar-refractivity contribution in [3.63, 3.8) is 0 Å². The van der Waals surface area contributed by atoms with Gasteiger partial charge < -0.3 is 14.5 Å². The standard InChI is InChI=1S/C16H17F3N6O2/c1-9-4-5-10(27-9)7-20-13-12-14(22-15(21-13)16(17,18)19)25(24-23-12)8-11-3-2-6-26-11/h4-5,11H,2-3,6-8H2,1H3,(H,20,21,22)/t11-/m1/s1. The summed E-state index contributed by atoms with van der Waals surface area (Å²) in [4.78, 5) is 7.25. The van der Waals surface area contributed by atoms with Crippen LogP contribution in [0.25, 0.3) is 11.2 Å². The Hall–Kier alpha value is -2.69. The molecule has 0 saturated carbocycles. The van der Waals surface area contributed by atoms with Crippen LogP contribution in [0.1, 0.15) is 30.2 Å². The summed E-state index contributed by atoms with van der Waals surface area (Å²) in [5.41, 5.74) is 0.190. The van der Waals surface area contributed by atoms with E-state index in [9.17, 15) is 13.2 Å². The zero-order chi connectivity index (χ0) is 19.0. The van der Waals surface area contributed by atoms with Crippen molar-refractivity contribution in [1.29, 1.82) is 0 Å². The predicted molar refractivity (Wildman–Crippen MR) is 87.9 cm³/mol. The Morgan fingerprint density at radius 1 is 1.30 bits per heavy atom. The number of hydrogen-bond acceptors (Lipinski definition) is 7. The molecule has 0 spiro atoms. The van der Waals surface area contributed by atoms with E-state index in [4.69, 9.17) is 9.15 Å². The molecule has 0 aliphatic carbocycles. The fourth-order valence-corrected chi connectivity index (χ4v) is 2.96. The van der Waals surface area contributed by atoms with Crippen molar-refractivity contribution in [2.75, 3.05) is 11.9 Å². The van der Waals surface area contributed by atoms with Crippen LogP contribution in [0.3, 0.4) is 0 Å². The summed E-state index contributed by atoms with van der Waals surface area (Å²) in [7, 11) is 0. The molecule has 0 amide bonds. The van der Waals surface area contributed by atoms with E-state index in [1.165, 1.54) is 4.68 Å². The molecule has 4 heterocycles. The maximum atomic E-state index is 13.3. The maximum Gasteiger partial charge on any atom is 0.451 e. The number of fused-ring (bicyclic) bond motifs is 1. The highest BCUT2D eigenvalue weighted by molar-refractivity contribution is 5.82. The highest BCUT2D eigenvalue weighted by Crippen LogP contribution is 2.30. The summed E-state index contributed by atoms with van der Waals surface area (Å²) < 4.78 is 52.1. The van der Waals surface area contributed by atoms with E-state index < -0.39 is 12.0 Å². The molecule has 11 heteroatoms. The number of furan rings is 1. The van der Waals surface area contributed by atoms with Crippen molar-refractivity contribution in [2.45, 2.75) is 45.1 Å². The molecule has 0 aromatic carbocycles. The number of anilines is 1. The van der Waals surface area contributed by atoms with Crippen LogP contribution in [0.2, 0.25) is 0 Å². The molecule has 1 aliphatic rings. The average molecular weight is 382 g/mol. The second kappa shape index (κ2) is 6.80. The highest BCUT2D eigenvalue weighted by atomic mass is 19.4. The van der Waals surface area contributed by atoms with Gasteiger partial charge in [0, 0.05) is 6.61 Å². The zero-order valence-electron chi connectivity index (χ0n) is 14.5. The summed E-state index contributed by atoms with van der Waals surface area (Å²) in [6, 6.07) is 3.51. The smallest absolute Gasteiger partial charge is 0.451 e.